The maximum Gasteiger partial charge on any atom is 0.337 e. The van der Waals surface area contributed by atoms with E-state index in [1.807, 2.05) is 0 Å². The molecule has 1 saturated carbocycles. The minimum atomic E-state index is -1.07. The van der Waals surface area contributed by atoms with E-state index < -0.39 is 5.97 Å². The van der Waals surface area contributed by atoms with Crippen molar-refractivity contribution in [3.8, 4) is 0 Å². The average molecular weight is 285 g/mol. The van der Waals surface area contributed by atoms with Crippen molar-refractivity contribution in [2.24, 2.45) is 5.92 Å². The molecule has 2 unspecified atom stereocenters. The van der Waals surface area contributed by atoms with Crippen molar-refractivity contribution in [1.82, 2.24) is 4.98 Å². The standard InChI is InChI=1S/C13H17ClN2O3/c14-11-7-16-12(5-10(11)13(18)19)15-6-8-2-1-3-9(17)4-8/h5,7-9,17H,1-4,6H2,(H,15,16)(H,18,19). The van der Waals surface area contributed by atoms with E-state index in [2.05, 4.69) is 10.3 Å². The molecule has 5 nitrogen and oxygen atoms in total. The molecule has 19 heavy (non-hydrogen) atoms. The summed E-state index contributed by atoms with van der Waals surface area (Å²) in [5.41, 5.74) is 0.0443. The highest BCUT2D eigenvalue weighted by atomic mass is 35.5. The van der Waals surface area contributed by atoms with Crippen molar-refractivity contribution < 1.29 is 15.0 Å². The fourth-order valence-electron chi connectivity index (χ4n) is 2.40. The molecule has 104 valence electrons. The molecule has 1 heterocycles. The number of hydrogen-bond acceptors (Lipinski definition) is 4. The minimum Gasteiger partial charge on any atom is -0.478 e. The summed E-state index contributed by atoms with van der Waals surface area (Å²) in [6, 6.07) is 1.43. The molecule has 1 aromatic rings. The van der Waals surface area contributed by atoms with Crippen LogP contribution in [0.3, 0.4) is 0 Å². The van der Waals surface area contributed by atoms with E-state index in [1.165, 1.54) is 12.3 Å². The van der Waals surface area contributed by atoms with Crippen molar-refractivity contribution in [2.45, 2.75) is 31.8 Å². The highest BCUT2D eigenvalue weighted by Gasteiger charge is 2.20. The summed E-state index contributed by atoms with van der Waals surface area (Å²) >= 11 is 5.76. The molecule has 0 bridgehead atoms. The number of hydrogen-bond donors (Lipinski definition) is 3. The van der Waals surface area contributed by atoms with E-state index in [0.29, 0.717) is 18.3 Å². The number of carbonyl (C=O) groups is 1. The van der Waals surface area contributed by atoms with E-state index in [1.54, 1.807) is 0 Å². The van der Waals surface area contributed by atoms with E-state index in [0.717, 1.165) is 25.7 Å². The average Bonchev–Trinajstić information content (AvgIpc) is 2.37. The van der Waals surface area contributed by atoms with Gasteiger partial charge in [0.15, 0.2) is 0 Å². The number of aromatic nitrogens is 1. The smallest absolute Gasteiger partial charge is 0.337 e. The summed E-state index contributed by atoms with van der Waals surface area (Å²) in [7, 11) is 0. The number of nitrogens with one attached hydrogen (secondary N) is 1. The number of rotatable bonds is 4. The molecule has 1 fully saturated rings. The van der Waals surface area contributed by atoms with Crippen molar-refractivity contribution in [3.05, 3.63) is 22.8 Å². The van der Waals surface area contributed by atoms with Crippen molar-refractivity contribution in [3.63, 3.8) is 0 Å². The predicted molar refractivity (Wildman–Crippen MR) is 72.7 cm³/mol. The first-order valence-corrected chi connectivity index (χ1v) is 6.75. The molecule has 3 N–H and O–H groups in total. The molecule has 0 radical (unpaired) electrons. The van der Waals surface area contributed by atoms with Gasteiger partial charge in [0.2, 0.25) is 0 Å². The van der Waals surface area contributed by atoms with Crippen LogP contribution in [0.2, 0.25) is 5.02 Å². The molecular weight excluding hydrogens is 268 g/mol. The molecule has 0 aliphatic heterocycles. The van der Waals surface area contributed by atoms with Crippen LogP contribution in [0.5, 0.6) is 0 Å². The summed E-state index contributed by atoms with van der Waals surface area (Å²) in [5.74, 6) is -0.167. The molecular formula is C13H17ClN2O3. The van der Waals surface area contributed by atoms with Gasteiger partial charge in [0.1, 0.15) is 5.82 Å². The largest absolute Gasteiger partial charge is 0.478 e. The normalized spacial score (nSPS) is 23.1. The third-order valence-corrected chi connectivity index (χ3v) is 3.71. The SMILES string of the molecule is O=C(O)c1cc(NCC2CCCC(O)C2)ncc1Cl. The van der Waals surface area contributed by atoms with Gasteiger partial charge in [-0.15, -0.1) is 0 Å². The fraction of sp³-hybridized carbons (Fsp3) is 0.538. The molecule has 1 aliphatic rings. The second-order valence-electron chi connectivity index (χ2n) is 4.92. The van der Waals surface area contributed by atoms with E-state index >= 15 is 0 Å². The van der Waals surface area contributed by atoms with Gasteiger partial charge in [-0.25, -0.2) is 9.78 Å². The number of carboxylic acids is 1. The Morgan fingerprint density at radius 1 is 1.53 bits per heavy atom. The second kappa shape index (κ2) is 6.21. The number of halogens is 1. The van der Waals surface area contributed by atoms with Crippen molar-refractivity contribution in [1.29, 1.82) is 0 Å². The van der Waals surface area contributed by atoms with Crippen LogP contribution in [-0.2, 0) is 0 Å². The zero-order valence-corrected chi connectivity index (χ0v) is 11.2. The number of carboxylic acid groups (broad SMARTS) is 1. The monoisotopic (exact) mass is 284 g/mol. The van der Waals surface area contributed by atoms with Crippen LogP contribution in [0.15, 0.2) is 12.3 Å². The third-order valence-electron chi connectivity index (χ3n) is 3.41. The molecule has 1 aromatic heterocycles. The molecule has 2 rings (SSSR count). The molecule has 0 saturated heterocycles. The van der Waals surface area contributed by atoms with Crippen LogP contribution in [0, 0.1) is 5.92 Å². The van der Waals surface area contributed by atoms with Crippen molar-refractivity contribution in [2.75, 3.05) is 11.9 Å². The van der Waals surface area contributed by atoms with Crippen LogP contribution < -0.4 is 5.32 Å². The Morgan fingerprint density at radius 2 is 2.32 bits per heavy atom. The van der Waals surface area contributed by atoms with E-state index in [-0.39, 0.29) is 16.7 Å². The highest BCUT2D eigenvalue weighted by molar-refractivity contribution is 6.33. The molecule has 6 heteroatoms. The Kier molecular flexibility index (Phi) is 4.61. The van der Waals surface area contributed by atoms with Crippen LogP contribution in [0.25, 0.3) is 0 Å². The Bertz CT molecular complexity index is 467. The lowest BCUT2D eigenvalue weighted by molar-refractivity contribution is 0.0697. The van der Waals surface area contributed by atoms with Gasteiger partial charge in [0, 0.05) is 12.7 Å². The number of aromatic carboxylic acids is 1. The van der Waals surface area contributed by atoms with E-state index in [9.17, 15) is 9.90 Å². The maximum atomic E-state index is 10.9. The van der Waals surface area contributed by atoms with Crippen LogP contribution in [-0.4, -0.2) is 33.8 Å². The van der Waals surface area contributed by atoms with Gasteiger partial charge < -0.3 is 15.5 Å². The number of anilines is 1. The Balaban J connectivity index is 1.96. The van der Waals surface area contributed by atoms with Gasteiger partial charge in [-0.1, -0.05) is 18.0 Å². The van der Waals surface area contributed by atoms with Crippen LogP contribution in [0.1, 0.15) is 36.0 Å². The minimum absolute atomic E-state index is 0.0443. The molecule has 0 amide bonds. The van der Waals surface area contributed by atoms with Gasteiger partial charge >= 0.3 is 5.97 Å². The lowest BCUT2D eigenvalue weighted by Crippen LogP contribution is -2.25. The number of pyridine rings is 1. The second-order valence-corrected chi connectivity index (χ2v) is 5.33. The number of nitrogens with zero attached hydrogens (tertiary/aromatic N) is 1. The predicted octanol–water partition coefficient (Wildman–Crippen LogP) is 2.40. The van der Waals surface area contributed by atoms with E-state index in [4.69, 9.17) is 16.7 Å². The number of aliphatic hydroxyl groups is 1. The van der Waals surface area contributed by atoms with Gasteiger partial charge in [-0.3, -0.25) is 0 Å². The zero-order chi connectivity index (χ0) is 13.8. The quantitative estimate of drug-likeness (QED) is 0.791. The summed E-state index contributed by atoms with van der Waals surface area (Å²) < 4.78 is 0. The molecule has 0 aromatic carbocycles. The lowest BCUT2D eigenvalue weighted by Gasteiger charge is -2.26. The molecule has 1 aliphatic carbocycles. The fourth-order valence-corrected chi connectivity index (χ4v) is 2.58. The first-order chi connectivity index (χ1) is 9.06. The lowest BCUT2D eigenvalue weighted by atomic mass is 9.87. The first-order valence-electron chi connectivity index (χ1n) is 6.37. The zero-order valence-electron chi connectivity index (χ0n) is 10.5. The number of aliphatic hydroxyl groups excluding tert-OH is 1. The van der Waals surface area contributed by atoms with Gasteiger partial charge in [-0.2, -0.15) is 0 Å². The first kappa shape index (κ1) is 14.1. The topological polar surface area (TPSA) is 82.5 Å². The summed E-state index contributed by atoms with van der Waals surface area (Å²) in [6.45, 7) is 0.685. The third kappa shape index (κ3) is 3.81. The summed E-state index contributed by atoms with van der Waals surface area (Å²) in [4.78, 5) is 15.0. The Labute approximate surface area is 116 Å². The van der Waals surface area contributed by atoms with Gasteiger partial charge in [-0.05, 0) is 31.2 Å². The van der Waals surface area contributed by atoms with Gasteiger partial charge in [0.25, 0.3) is 0 Å². The maximum absolute atomic E-state index is 10.9. The Hall–Kier alpha value is -1.33. The van der Waals surface area contributed by atoms with Gasteiger partial charge in [0.05, 0.1) is 16.7 Å². The highest BCUT2D eigenvalue weighted by Crippen LogP contribution is 2.25. The summed E-state index contributed by atoms with van der Waals surface area (Å²) in [5, 5.41) is 21.8. The summed E-state index contributed by atoms with van der Waals surface area (Å²) in [6.07, 6.45) is 4.88. The van der Waals surface area contributed by atoms with Crippen LogP contribution in [0.4, 0.5) is 5.82 Å². The molecule has 0 spiro atoms. The van der Waals surface area contributed by atoms with Crippen LogP contribution >= 0.6 is 11.6 Å². The molecule has 2 atom stereocenters. The Morgan fingerprint density at radius 3 is 3.00 bits per heavy atom. The van der Waals surface area contributed by atoms with Crippen molar-refractivity contribution >= 4 is 23.4 Å².